The number of halogens is 1. The summed E-state index contributed by atoms with van der Waals surface area (Å²) in [5, 5.41) is 10.8. The van der Waals surface area contributed by atoms with Gasteiger partial charge in [0.25, 0.3) is 11.5 Å². The van der Waals surface area contributed by atoms with Crippen LogP contribution in [0.5, 0.6) is 0 Å². The number of fused-ring (bicyclic) bond motifs is 1. The molecule has 1 aromatic heterocycles. The molecular formula is C29H34ClN3O5. The lowest BCUT2D eigenvalue weighted by Gasteiger charge is -2.37. The van der Waals surface area contributed by atoms with Gasteiger partial charge in [0.05, 0.1) is 0 Å². The van der Waals surface area contributed by atoms with Crippen LogP contribution in [-0.4, -0.2) is 45.4 Å². The van der Waals surface area contributed by atoms with Gasteiger partial charge in [0.1, 0.15) is 5.60 Å². The predicted molar refractivity (Wildman–Crippen MR) is 147 cm³/mol. The molecule has 9 heteroatoms. The van der Waals surface area contributed by atoms with Crippen molar-refractivity contribution in [3.05, 3.63) is 81.2 Å². The number of likely N-dealkylation sites (tertiary alicyclic amines) is 1. The summed E-state index contributed by atoms with van der Waals surface area (Å²) >= 11 is 6.16. The van der Waals surface area contributed by atoms with Crippen LogP contribution in [0.2, 0.25) is 5.02 Å². The van der Waals surface area contributed by atoms with Gasteiger partial charge in [0.2, 0.25) is 0 Å². The number of hydroxylamine groups is 1. The molecule has 8 nitrogen and oxygen atoms in total. The van der Waals surface area contributed by atoms with Crippen LogP contribution in [0.15, 0.2) is 59.5 Å². The summed E-state index contributed by atoms with van der Waals surface area (Å²) < 4.78 is 7.22. The highest BCUT2D eigenvalue weighted by atomic mass is 35.5. The third kappa shape index (κ3) is 6.55. The summed E-state index contributed by atoms with van der Waals surface area (Å²) in [5.74, 6) is -0.171. The highest BCUT2D eigenvalue weighted by Gasteiger charge is 2.31. The van der Waals surface area contributed by atoms with Crippen molar-refractivity contribution in [2.75, 3.05) is 13.1 Å². The minimum absolute atomic E-state index is 0.169. The molecule has 1 atom stereocenters. The minimum Gasteiger partial charge on any atom is -0.444 e. The second-order valence-corrected chi connectivity index (χ2v) is 11.2. The molecule has 202 valence electrons. The van der Waals surface area contributed by atoms with Gasteiger partial charge in [-0.1, -0.05) is 29.8 Å². The van der Waals surface area contributed by atoms with Crippen molar-refractivity contribution < 1.29 is 19.5 Å². The smallest absolute Gasteiger partial charge is 0.410 e. The Hall–Kier alpha value is -3.36. The van der Waals surface area contributed by atoms with E-state index in [1.165, 1.54) is 6.07 Å². The maximum Gasteiger partial charge on any atom is 0.410 e. The SMILES string of the molecule is CC(C)(C)OC(=O)N1CCC(C(CCn2ccc3ccc(C(=O)NO)cc3c2=O)c2ccc(Cl)cc2)CC1. The van der Waals surface area contributed by atoms with Crippen molar-refractivity contribution in [2.45, 2.75) is 58.1 Å². The number of pyridine rings is 1. The van der Waals surface area contributed by atoms with Crippen molar-refractivity contribution >= 4 is 34.4 Å². The van der Waals surface area contributed by atoms with E-state index in [0.29, 0.717) is 36.0 Å². The van der Waals surface area contributed by atoms with E-state index in [4.69, 9.17) is 21.5 Å². The Balaban J connectivity index is 1.53. The molecule has 2 N–H and O–H groups in total. The summed E-state index contributed by atoms with van der Waals surface area (Å²) in [4.78, 5) is 39.5. The number of nitrogens with zero attached hydrogens (tertiary/aromatic N) is 2. The van der Waals surface area contributed by atoms with Crippen molar-refractivity contribution in [3.8, 4) is 0 Å². The van der Waals surface area contributed by atoms with Gasteiger partial charge in [0, 0.05) is 41.8 Å². The molecule has 0 bridgehead atoms. The predicted octanol–water partition coefficient (Wildman–Crippen LogP) is 5.59. The summed E-state index contributed by atoms with van der Waals surface area (Å²) in [6.07, 6.45) is 3.88. The first kappa shape index (κ1) is 27.7. The number of aryl methyl sites for hydroxylation is 1. The first-order valence-electron chi connectivity index (χ1n) is 12.9. The van der Waals surface area contributed by atoms with Gasteiger partial charge in [-0.05, 0) is 93.2 Å². The number of amides is 2. The Morgan fingerprint density at radius 2 is 1.79 bits per heavy atom. The third-order valence-corrected chi connectivity index (χ3v) is 7.33. The molecule has 38 heavy (non-hydrogen) atoms. The van der Waals surface area contributed by atoms with Crippen molar-refractivity contribution in [1.82, 2.24) is 14.9 Å². The molecule has 0 radical (unpaired) electrons. The Bertz CT molecular complexity index is 1360. The number of nitrogens with one attached hydrogen (secondary N) is 1. The molecular weight excluding hydrogens is 506 g/mol. The number of ether oxygens (including phenoxy) is 1. The number of piperidine rings is 1. The largest absolute Gasteiger partial charge is 0.444 e. The van der Waals surface area contributed by atoms with E-state index in [-0.39, 0.29) is 23.1 Å². The fourth-order valence-electron chi connectivity index (χ4n) is 5.13. The molecule has 2 heterocycles. The zero-order valence-electron chi connectivity index (χ0n) is 21.9. The second-order valence-electron chi connectivity index (χ2n) is 10.8. The summed E-state index contributed by atoms with van der Waals surface area (Å²) in [6.45, 7) is 7.33. The van der Waals surface area contributed by atoms with Crippen LogP contribution in [0.4, 0.5) is 4.79 Å². The van der Waals surface area contributed by atoms with Crippen molar-refractivity contribution in [3.63, 3.8) is 0 Å². The van der Waals surface area contributed by atoms with Gasteiger partial charge in [0.15, 0.2) is 0 Å². The van der Waals surface area contributed by atoms with E-state index < -0.39 is 11.5 Å². The Morgan fingerprint density at radius 3 is 2.42 bits per heavy atom. The molecule has 0 spiro atoms. The number of benzene rings is 2. The van der Waals surface area contributed by atoms with Crippen LogP contribution in [-0.2, 0) is 11.3 Å². The Labute approximate surface area is 227 Å². The van der Waals surface area contributed by atoms with Gasteiger partial charge in [-0.2, -0.15) is 0 Å². The molecule has 1 unspecified atom stereocenters. The molecule has 1 saturated heterocycles. The zero-order valence-corrected chi connectivity index (χ0v) is 22.7. The van der Waals surface area contributed by atoms with Crippen LogP contribution in [0.1, 0.15) is 61.9 Å². The fraction of sp³-hybridized carbons (Fsp3) is 0.414. The first-order valence-corrected chi connectivity index (χ1v) is 13.2. The number of aromatic nitrogens is 1. The molecule has 1 aliphatic rings. The van der Waals surface area contributed by atoms with E-state index in [9.17, 15) is 14.4 Å². The molecule has 4 rings (SSSR count). The van der Waals surface area contributed by atoms with E-state index >= 15 is 0 Å². The Morgan fingerprint density at radius 1 is 1.11 bits per heavy atom. The lowest BCUT2D eigenvalue weighted by Crippen LogP contribution is -2.42. The molecule has 2 aromatic carbocycles. The fourth-order valence-corrected chi connectivity index (χ4v) is 5.26. The van der Waals surface area contributed by atoms with Crippen molar-refractivity contribution in [1.29, 1.82) is 0 Å². The summed E-state index contributed by atoms with van der Waals surface area (Å²) in [7, 11) is 0. The third-order valence-electron chi connectivity index (χ3n) is 7.08. The Kier molecular flexibility index (Phi) is 8.43. The molecule has 1 aliphatic heterocycles. The zero-order chi connectivity index (χ0) is 27.4. The number of carbonyl (C=O) groups excluding carboxylic acids is 2. The van der Waals surface area contributed by atoms with E-state index in [1.807, 2.05) is 51.1 Å². The van der Waals surface area contributed by atoms with Gasteiger partial charge in [-0.25, -0.2) is 10.3 Å². The van der Waals surface area contributed by atoms with Crippen LogP contribution in [0, 0.1) is 5.92 Å². The number of hydrogen-bond donors (Lipinski definition) is 2. The van der Waals surface area contributed by atoms with Gasteiger partial charge >= 0.3 is 6.09 Å². The maximum atomic E-state index is 13.3. The van der Waals surface area contributed by atoms with E-state index in [0.717, 1.165) is 30.2 Å². The maximum absolute atomic E-state index is 13.3. The van der Waals surface area contributed by atoms with Gasteiger partial charge < -0.3 is 14.2 Å². The second kappa shape index (κ2) is 11.6. The van der Waals surface area contributed by atoms with Crippen LogP contribution in [0.25, 0.3) is 10.8 Å². The van der Waals surface area contributed by atoms with Gasteiger partial charge in [-0.15, -0.1) is 0 Å². The monoisotopic (exact) mass is 539 g/mol. The molecule has 1 fully saturated rings. The molecule has 3 aromatic rings. The number of carbonyl (C=O) groups is 2. The minimum atomic E-state index is -0.665. The normalized spacial score (nSPS) is 15.3. The highest BCUT2D eigenvalue weighted by molar-refractivity contribution is 6.30. The lowest BCUT2D eigenvalue weighted by molar-refractivity contribution is 0.0172. The topological polar surface area (TPSA) is 101 Å². The first-order chi connectivity index (χ1) is 18.1. The standard InChI is InChI=1S/C29H34ClN3O5/c1-29(2,3)38-28(36)33-15-11-21(12-16-33)24(19-6-8-23(30)9-7-19)13-17-32-14-10-20-4-5-22(26(34)31-37)18-25(20)27(32)35/h4-10,14,18,21,24,37H,11-13,15-17H2,1-3H3,(H,31,34). The molecule has 0 aliphatic carbocycles. The van der Waals surface area contributed by atoms with E-state index in [1.54, 1.807) is 33.3 Å². The summed E-state index contributed by atoms with van der Waals surface area (Å²) in [5.41, 5.74) is 2.25. The van der Waals surface area contributed by atoms with Gasteiger partial charge in [-0.3, -0.25) is 14.8 Å². The molecule has 0 saturated carbocycles. The van der Waals surface area contributed by atoms with Crippen LogP contribution < -0.4 is 11.0 Å². The van der Waals surface area contributed by atoms with Crippen molar-refractivity contribution in [2.24, 2.45) is 5.92 Å². The van der Waals surface area contributed by atoms with E-state index in [2.05, 4.69) is 0 Å². The lowest BCUT2D eigenvalue weighted by atomic mass is 9.78. The summed E-state index contributed by atoms with van der Waals surface area (Å²) in [6, 6.07) is 14.5. The van der Waals surface area contributed by atoms with Crippen LogP contribution in [0.3, 0.4) is 0 Å². The quantitative estimate of drug-likeness (QED) is 0.314. The number of hydrogen-bond acceptors (Lipinski definition) is 5. The average molecular weight is 540 g/mol. The molecule has 2 amide bonds. The average Bonchev–Trinajstić information content (AvgIpc) is 2.89. The highest BCUT2D eigenvalue weighted by Crippen LogP contribution is 2.36. The van der Waals surface area contributed by atoms with Crippen LogP contribution >= 0.6 is 11.6 Å². The number of rotatable bonds is 6.